The molecule has 2 atom stereocenters. The Kier molecular flexibility index (Phi) is 34.2. The zero-order valence-electron chi connectivity index (χ0n) is 34.3. The van der Waals surface area contributed by atoms with Crippen LogP contribution in [0.25, 0.3) is 0 Å². The highest BCUT2D eigenvalue weighted by Crippen LogP contribution is 2.38. The number of allylic oxidation sites excluding steroid dienone is 4. The first-order chi connectivity index (χ1) is 25.0. The van der Waals surface area contributed by atoms with Crippen LogP contribution in [0.1, 0.15) is 181 Å². The number of hydrogen-bond acceptors (Lipinski definition) is 8. The molecular weight excluding hydrogens is 677 g/mol. The Balaban J connectivity index is 4.44. The molecule has 0 amide bonds. The summed E-state index contributed by atoms with van der Waals surface area (Å²) in [6, 6.07) is 0. The van der Waals surface area contributed by atoms with Crippen molar-refractivity contribution in [1.82, 2.24) is 0 Å². The minimum atomic E-state index is -4.63. The molecule has 0 N–H and O–H groups in total. The molecule has 306 valence electrons. The third kappa shape index (κ3) is 38.2. The Hall–Kier alpha value is -1.51. The van der Waals surface area contributed by atoms with Gasteiger partial charge in [0.15, 0.2) is 6.10 Å². The summed E-state index contributed by atoms with van der Waals surface area (Å²) < 4.78 is 33.8. The zero-order valence-corrected chi connectivity index (χ0v) is 35.2. The van der Waals surface area contributed by atoms with Gasteiger partial charge in [-0.15, -0.1) is 0 Å². The lowest BCUT2D eigenvalue weighted by atomic mass is 10.0. The van der Waals surface area contributed by atoms with Crippen LogP contribution < -0.4 is 4.89 Å². The molecule has 9 nitrogen and oxygen atoms in total. The Morgan fingerprint density at radius 2 is 1.04 bits per heavy atom. The predicted octanol–water partition coefficient (Wildman–Crippen LogP) is 10.9. The average Bonchev–Trinajstić information content (AvgIpc) is 3.09. The first-order valence-electron chi connectivity index (χ1n) is 21.0. The highest BCUT2D eigenvalue weighted by atomic mass is 31.2. The van der Waals surface area contributed by atoms with Crippen molar-refractivity contribution in [3.63, 3.8) is 0 Å². The number of rotatable bonds is 38. The standard InChI is InChI=1S/C42H80NO8P/c1-6-8-10-12-14-16-18-20-21-23-25-27-29-31-33-35-42(45)51-40(39-50-52(46,47)49-37-36-43(3,4)5)38-48-41(44)34-32-30-28-26-24-22-19-17-15-13-11-9-7-2/h20-21,25,27,40H,6-19,22-24,26,28-39H2,1-5H3/b21-20+,27-25+/t40-/m1/s1. The maximum Gasteiger partial charge on any atom is 0.306 e. The number of phosphoric ester groups is 1. The molecule has 0 saturated heterocycles. The van der Waals surface area contributed by atoms with Crippen molar-refractivity contribution in [3.8, 4) is 0 Å². The Bertz CT molecular complexity index is 949. The molecule has 52 heavy (non-hydrogen) atoms. The summed E-state index contributed by atoms with van der Waals surface area (Å²) in [4.78, 5) is 37.4. The van der Waals surface area contributed by atoms with Crippen molar-refractivity contribution >= 4 is 19.8 Å². The number of esters is 2. The molecule has 0 aromatic carbocycles. The van der Waals surface area contributed by atoms with Crippen LogP contribution in [0, 0.1) is 0 Å². The molecule has 1 unspecified atom stereocenters. The summed E-state index contributed by atoms with van der Waals surface area (Å²) in [6.07, 6.45) is 36.3. The number of nitrogens with zero attached hydrogens (tertiary/aromatic N) is 1. The van der Waals surface area contributed by atoms with Crippen molar-refractivity contribution in [3.05, 3.63) is 24.3 Å². The summed E-state index contributed by atoms with van der Waals surface area (Å²) in [7, 11) is 1.15. The third-order valence-corrected chi connectivity index (χ3v) is 9.94. The van der Waals surface area contributed by atoms with Crippen molar-refractivity contribution in [2.45, 2.75) is 187 Å². The van der Waals surface area contributed by atoms with Gasteiger partial charge in [-0.05, 0) is 44.9 Å². The monoisotopic (exact) mass is 758 g/mol. The first kappa shape index (κ1) is 50.5. The number of phosphoric acid groups is 1. The van der Waals surface area contributed by atoms with Gasteiger partial charge >= 0.3 is 11.9 Å². The lowest BCUT2D eigenvalue weighted by Gasteiger charge is -2.28. The summed E-state index contributed by atoms with van der Waals surface area (Å²) >= 11 is 0. The highest BCUT2D eigenvalue weighted by Gasteiger charge is 2.21. The SMILES string of the molecule is CCCCCCCC/C=C/C/C=C/CCCCC(=O)O[C@H](COC(=O)CCCCCCCCCCCCCCC)COP(=O)([O-])OCC[N+](C)(C)C. The Labute approximate surface area is 319 Å². The minimum absolute atomic E-state index is 0.0350. The number of unbranched alkanes of at least 4 members (excludes halogenated alkanes) is 20. The maximum atomic E-state index is 12.6. The molecule has 0 spiro atoms. The van der Waals surface area contributed by atoms with Crippen molar-refractivity contribution < 1.29 is 42.1 Å². The predicted molar refractivity (Wildman–Crippen MR) is 213 cm³/mol. The molecule has 0 aromatic heterocycles. The van der Waals surface area contributed by atoms with Crippen LogP contribution in [0.4, 0.5) is 0 Å². The molecule has 0 saturated carbocycles. The van der Waals surface area contributed by atoms with E-state index in [0.29, 0.717) is 17.4 Å². The van der Waals surface area contributed by atoms with Gasteiger partial charge in [0.05, 0.1) is 27.7 Å². The lowest BCUT2D eigenvalue weighted by molar-refractivity contribution is -0.870. The fourth-order valence-electron chi connectivity index (χ4n) is 5.63. The first-order valence-corrected chi connectivity index (χ1v) is 22.5. The van der Waals surface area contributed by atoms with Gasteiger partial charge in [0.25, 0.3) is 7.82 Å². The fraction of sp³-hybridized carbons (Fsp3) is 0.857. The van der Waals surface area contributed by atoms with Gasteiger partial charge in [-0.3, -0.25) is 14.2 Å². The van der Waals surface area contributed by atoms with Crippen LogP contribution in [0.15, 0.2) is 24.3 Å². The fourth-order valence-corrected chi connectivity index (χ4v) is 6.35. The second-order valence-electron chi connectivity index (χ2n) is 15.4. The lowest BCUT2D eigenvalue weighted by Crippen LogP contribution is -2.37. The van der Waals surface area contributed by atoms with E-state index in [4.69, 9.17) is 18.5 Å². The van der Waals surface area contributed by atoms with E-state index in [0.717, 1.165) is 44.9 Å². The van der Waals surface area contributed by atoms with E-state index in [2.05, 4.69) is 38.2 Å². The molecule has 0 heterocycles. The van der Waals surface area contributed by atoms with Gasteiger partial charge in [0.2, 0.25) is 0 Å². The summed E-state index contributed by atoms with van der Waals surface area (Å²) in [5.41, 5.74) is 0. The van der Waals surface area contributed by atoms with E-state index >= 15 is 0 Å². The molecule has 0 bridgehead atoms. The van der Waals surface area contributed by atoms with Gasteiger partial charge in [-0.2, -0.15) is 0 Å². The number of carbonyl (C=O) groups excluding carboxylic acids is 2. The number of hydrogen-bond donors (Lipinski definition) is 0. The van der Waals surface area contributed by atoms with Crippen molar-refractivity contribution in [2.24, 2.45) is 0 Å². The van der Waals surface area contributed by atoms with E-state index < -0.39 is 32.5 Å². The molecular formula is C42H80NO8P. The van der Waals surface area contributed by atoms with Gasteiger partial charge in [-0.1, -0.05) is 147 Å². The van der Waals surface area contributed by atoms with E-state index in [1.165, 1.54) is 103 Å². The number of ether oxygens (including phenoxy) is 2. The molecule has 10 heteroatoms. The van der Waals surface area contributed by atoms with E-state index in [-0.39, 0.29) is 26.1 Å². The number of likely N-dealkylation sites (N-methyl/N-ethyl adjacent to an activating group) is 1. The van der Waals surface area contributed by atoms with E-state index in [1.54, 1.807) is 0 Å². The number of carbonyl (C=O) groups is 2. The van der Waals surface area contributed by atoms with Crippen LogP contribution in [-0.2, 0) is 32.7 Å². The Morgan fingerprint density at radius 1 is 0.596 bits per heavy atom. The van der Waals surface area contributed by atoms with Gasteiger partial charge < -0.3 is 27.9 Å². The normalized spacial score (nSPS) is 13.9. The molecule has 0 aromatic rings. The maximum absolute atomic E-state index is 12.6. The van der Waals surface area contributed by atoms with Crippen LogP contribution in [-0.4, -0.2) is 70.0 Å². The molecule has 0 aliphatic rings. The van der Waals surface area contributed by atoms with Crippen LogP contribution in [0.5, 0.6) is 0 Å². The summed E-state index contributed by atoms with van der Waals surface area (Å²) in [6.45, 7) is 4.18. The minimum Gasteiger partial charge on any atom is -0.756 e. The largest absolute Gasteiger partial charge is 0.756 e. The third-order valence-electron chi connectivity index (χ3n) is 8.97. The zero-order chi connectivity index (χ0) is 38.6. The smallest absolute Gasteiger partial charge is 0.306 e. The van der Waals surface area contributed by atoms with Crippen LogP contribution in [0.2, 0.25) is 0 Å². The molecule has 0 aliphatic carbocycles. The summed E-state index contributed by atoms with van der Waals surface area (Å²) in [5, 5.41) is 0. The van der Waals surface area contributed by atoms with Gasteiger partial charge in [-0.25, -0.2) is 0 Å². The van der Waals surface area contributed by atoms with Crippen molar-refractivity contribution in [1.29, 1.82) is 0 Å². The second kappa shape index (κ2) is 35.2. The molecule has 0 fully saturated rings. The van der Waals surface area contributed by atoms with Crippen LogP contribution in [0.3, 0.4) is 0 Å². The molecule has 0 aliphatic heterocycles. The van der Waals surface area contributed by atoms with E-state index in [9.17, 15) is 19.0 Å². The average molecular weight is 758 g/mol. The molecule has 0 rings (SSSR count). The van der Waals surface area contributed by atoms with E-state index in [1.807, 2.05) is 21.1 Å². The van der Waals surface area contributed by atoms with Gasteiger partial charge in [0.1, 0.15) is 19.8 Å². The van der Waals surface area contributed by atoms with Crippen molar-refractivity contribution in [2.75, 3.05) is 47.5 Å². The van der Waals surface area contributed by atoms with Gasteiger partial charge in [0, 0.05) is 12.8 Å². The number of quaternary nitrogens is 1. The summed E-state index contributed by atoms with van der Waals surface area (Å²) in [5.74, 6) is -0.868. The quantitative estimate of drug-likeness (QED) is 0.0201. The highest BCUT2D eigenvalue weighted by molar-refractivity contribution is 7.45. The molecule has 0 radical (unpaired) electrons. The second-order valence-corrected chi connectivity index (χ2v) is 16.8. The van der Waals surface area contributed by atoms with Crippen LogP contribution >= 0.6 is 7.82 Å². The topological polar surface area (TPSA) is 111 Å². The Morgan fingerprint density at radius 3 is 1.56 bits per heavy atom.